The summed E-state index contributed by atoms with van der Waals surface area (Å²) in [6.45, 7) is 0.819. The van der Waals surface area contributed by atoms with Crippen LogP contribution < -0.4 is 5.76 Å². The largest absolute Gasteiger partial charge is 0.480 e. The number of oxazole rings is 1. The molecular weight excluding hydrogens is 236 g/mol. The van der Waals surface area contributed by atoms with Crippen LogP contribution >= 0.6 is 0 Å². The molecule has 0 amide bonds. The van der Waals surface area contributed by atoms with E-state index in [1.165, 1.54) is 4.57 Å². The first-order valence-corrected chi connectivity index (χ1v) is 5.56. The number of benzene rings is 1. The predicted octanol–water partition coefficient (Wildman–Crippen LogP) is 0.611. The van der Waals surface area contributed by atoms with Gasteiger partial charge in [-0.15, -0.1) is 0 Å². The topological polar surface area (TPSA) is 75.7 Å². The summed E-state index contributed by atoms with van der Waals surface area (Å²) in [5.74, 6) is -1.30. The average Bonchev–Trinajstić information content (AvgIpc) is 2.61. The first-order chi connectivity index (χ1) is 8.58. The number of fused-ring (bicyclic) bond motifs is 1. The van der Waals surface area contributed by atoms with Gasteiger partial charge < -0.3 is 9.52 Å². The van der Waals surface area contributed by atoms with Crippen LogP contribution in [0, 0.1) is 0 Å². The van der Waals surface area contributed by atoms with Gasteiger partial charge >= 0.3 is 11.7 Å². The number of para-hydroxylation sites is 2. The number of rotatable bonds is 5. The van der Waals surface area contributed by atoms with Crippen molar-refractivity contribution < 1.29 is 14.3 Å². The quantitative estimate of drug-likeness (QED) is 0.841. The molecule has 2 aromatic rings. The molecule has 1 aromatic carbocycles. The van der Waals surface area contributed by atoms with Gasteiger partial charge in [0.25, 0.3) is 0 Å². The van der Waals surface area contributed by atoms with Gasteiger partial charge in [0.15, 0.2) is 5.58 Å². The molecular formula is C12H14N2O4. The van der Waals surface area contributed by atoms with Crippen LogP contribution in [0.1, 0.15) is 0 Å². The highest BCUT2D eigenvalue weighted by Gasteiger charge is 2.10. The van der Waals surface area contributed by atoms with Gasteiger partial charge in [-0.05, 0) is 19.2 Å². The summed E-state index contributed by atoms with van der Waals surface area (Å²) in [7, 11) is 1.70. The third-order valence-corrected chi connectivity index (χ3v) is 2.68. The minimum atomic E-state index is -0.887. The van der Waals surface area contributed by atoms with E-state index in [1.54, 1.807) is 30.1 Å². The van der Waals surface area contributed by atoms with Crippen LogP contribution in [0.3, 0.4) is 0 Å². The number of nitrogens with zero attached hydrogens (tertiary/aromatic N) is 2. The summed E-state index contributed by atoms with van der Waals surface area (Å²) in [6, 6.07) is 7.16. The number of carboxylic acid groups (broad SMARTS) is 1. The molecule has 0 saturated carbocycles. The second-order valence-corrected chi connectivity index (χ2v) is 4.12. The lowest BCUT2D eigenvalue weighted by molar-refractivity contribution is -0.138. The number of likely N-dealkylation sites (N-methyl/N-ethyl adjacent to an activating group) is 1. The Kier molecular flexibility index (Phi) is 3.47. The number of aliphatic carboxylic acids is 1. The van der Waals surface area contributed by atoms with Crippen molar-refractivity contribution in [3.05, 3.63) is 34.8 Å². The van der Waals surface area contributed by atoms with Gasteiger partial charge in [0.1, 0.15) is 0 Å². The Morgan fingerprint density at radius 1 is 1.44 bits per heavy atom. The molecule has 0 radical (unpaired) electrons. The van der Waals surface area contributed by atoms with Crippen molar-refractivity contribution in [2.24, 2.45) is 0 Å². The zero-order valence-electron chi connectivity index (χ0n) is 10.00. The van der Waals surface area contributed by atoms with Gasteiger partial charge in [-0.25, -0.2) is 4.79 Å². The summed E-state index contributed by atoms with van der Waals surface area (Å²) in [4.78, 5) is 23.8. The zero-order valence-corrected chi connectivity index (χ0v) is 10.00. The number of hydrogen-bond acceptors (Lipinski definition) is 4. The molecule has 18 heavy (non-hydrogen) atoms. The van der Waals surface area contributed by atoms with Crippen LogP contribution in [-0.4, -0.2) is 40.7 Å². The maximum absolute atomic E-state index is 11.6. The fourth-order valence-corrected chi connectivity index (χ4v) is 1.81. The highest BCUT2D eigenvalue weighted by molar-refractivity contribution is 5.72. The SMILES string of the molecule is CN(CCn1c(=O)oc2ccccc21)CC(=O)O. The van der Waals surface area contributed by atoms with E-state index in [2.05, 4.69) is 0 Å². The summed E-state index contributed by atoms with van der Waals surface area (Å²) < 4.78 is 6.59. The summed E-state index contributed by atoms with van der Waals surface area (Å²) in [6.07, 6.45) is 0. The third kappa shape index (κ3) is 2.60. The van der Waals surface area contributed by atoms with E-state index in [9.17, 15) is 9.59 Å². The molecule has 0 aliphatic carbocycles. The first-order valence-electron chi connectivity index (χ1n) is 5.56. The number of carbonyl (C=O) groups is 1. The van der Waals surface area contributed by atoms with Crippen molar-refractivity contribution in [1.29, 1.82) is 0 Å². The average molecular weight is 250 g/mol. The number of carboxylic acids is 1. The molecule has 1 aromatic heterocycles. The van der Waals surface area contributed by atoms with Crippen LogP contribution in [0.25, 0.3) is 11.1 Å². The number of hydrogen-bond donors (Lipinski definition) is 1. The van der Waals surface area contributed by atoms with E-state index in [-0.39, 0.29) is 6.54 Å². The lowest BCUT2D eigenvalue weighted by Gasteiger charge is -2.13. The minimum absolute atomic E-state index is 0.0511. The molecule has 6 nitrogen and oxygen atoms in total. The molecule has 96 valence electrons. The Morgan fingerprint density at radius 2 is 2.17 bits per heavy atom. The Hall–Kier alpha value is -2.08. The molecule has 0 saturated heterocycles. The Morgan fingerprint density at radius 3 is 2.89 bits per heavy atom. The van der Waals surface area contributed by atoms with Gasteiger partial charge in [0.05, 0.1) is 12.1 Å². The number of aromatic nitrogens is 1. The maximum Gasteiger partial charge on any atom is 0.419 e. The molecule has 0 aliphatic heterocycles. The minimum Gasteiger partial charge on any atom is -0.480 e. The molecule has 0 atom stereocenters. The second-order valence-electron chi connectivity index (χ2n) is 4.12. The van der Waals surface area contributed by atoms with E-state index in [0.717, 1.165) is 5.52 Å². The Labute approximate surface area is 103 Å². The molecule has 1 N–H and O–H groups in total. The van der Waals surface area contributed by atoms with E-state index < -0.39 is 11.7 Å². The van der Waals surface area contributed by atoms with E-state index >= 15 is 0 Å². The molecule has 0 bridgehead atoms. The third-order valence-electron chi connectivity index (χ3n) is 2.68. The fourth-order valence-electron chi connectivity index (χ4n) is 1.81. The zero-order chi connectivity index (χ0) is 13.1. The monoisotopic (exact) mass is 250 g/mol. The van der Waals surface area contributed by atoms with Crippen LogP contribution in [-0.2, 0) is 11.3 Å². The molecule has 0 fully saturated rings. The van der Waals surface area contributed by atoms with Crippen molar-refractivity contribution in [2.45, 2.75) is 6.54 Å². The van der Waals surface area contributed by atoms with Crippen molar-refractivity contribution in [3.8, 4) is 0 Å². The van der Waals surface area contributed by atoms with E-state index in [4.69, 9.17) is 9.52 Å². The molecule has 0 spiro atoms. The normalized spacial score (nSPS) is 11.2. The molecule has 2 rings (SSSR count). The molecule has 0 unspecified atom stereocenters. The Balaban J connectivity index is 2.14. The van der Waals surface area contributed by atoms with Crippen molar-refractivity contribution in [2.75, 3.05) is 20.1 Å². The molecule has 6 heteroatoms. The molecule has 1 heterocycles. The first kappa shape index (κ1) is 12.4. The highest BCUT2D eigenvalue weighted by atomic mass is 16.4. The van der Waals surface area contributed by atoms with Crippen molar-refractivity contribution in [1.82, 2.24) is 9.47 Å². The Bertz CT molecular complexity index is 614. The predicted molar refractivity (Wildman–Crippen MR) is 65.6 cm³/mol. The van der Waals surface area contributed by atoms with Crippen molar-refractivity contribution >= 4 is 17.1 Å². The van der Waals surface area contributed by atoms with Crippen LogP contribution in [0.2, 0.25) is 0 Å². The lowest BCUT2D eigenvalue weighted by Crippen LogP contribution is -2.30. The van der Waals surface area contributed by atoms with Gasteiger partial charge in [0.2, 0.25) is 0 Å². The fraction of sp³-hybridized carbons (Fsp3) is 0.333. The van der Waals surface area contributed by atoms with Gasteiger partial charge in [-0.1, -0.05) is 12.1 Å². The van der Waals surface area contributed by atoms with Gasteiger partial charge in [0, 0.05) is 13.1 Å². The standard InChI is InChI=1S/C12H14N2O4/c1-13(8-11(15)16)6-7-14-9-4-2-3-5-10(9)18-12(14)17/h2-5H,6-8H2,1H3,(H,15,16). The van der Waals surface area contributed by atoms with E-state index in [0.29, 0.717) is 18.7 Å². The van der Waals surface area contributed by atoms with E-state index in [1.807, 2.05) is 6.07 Å². The summed E-state index contributed by atoms with van der Waals surface area (Å²) in [5.41, 5.74) is 1.27. The molecule has 0 aliphatic rings. The second kappa shape index (κ2) is 5.05. The summed E-state index contributed by atoms with van der Waals surface area (Å²) >= 11 is 0. The van der Waals surface area contributed by atoms with Gasteiger partial charge in [-0.2, -0.15) is 0 Å². The van der Waals surface area contributed by atoms with Gasteiger partial charge in [-0.3, -0.25) is 14.3 Å². The summed E-state index contributed by atoms with van der Waals surface area (Å²) in [5, 5.41) is 8.64. The van der Waals surface area contributed by atoms with Crippen LogP contribution in [0.4, 0.5) is 0 Å². The highest BCUT2D eigenvalue weighted by Crippen LogP contribution is 2.11. The van der Waals surface area contributed by atoms with Crippen LogP contribution in [0.15, 0.2) is 33.5 Å². The smallest absolute Gasteiger partial charge is 0.419 e. The maximum atomic E-state index is 11.6. The van der Waals surface area contributed by atoms with Crippen molar-refractivity contribution in [3.63, 3.8) is 0 Å². The van der Waals surface area contributed by atoms with Crippen LogP contribution in [0.5, 0.6) is 0 Å². The lowest BCUT2D eigenvalue weighted by atomic mass is 10.3.